The van der Waals surface area contributed by atoms with E-state index in [1.807, 2.05) is 30.3 Å². The van der Waals surface area contributed by atoms with E-state index < -0.39 is 0 Å². The highest BCUT2D eigenvalue weighted by Gasteiger charge is 2.22. The molecule has 0 radical (unpaired) electrons. The molecule has 0 amide bonds. The second-order valence-corrected chi connectivity index (χ2v) is 6.51. The highest BCUT2D eigenvalue weighted by Crippen LogP contribution is 2.30. The van der Waals surface area contributed by atoms with Gasteiger partial charge < -0.3 is 22.5 Å². The van der Waals surface area contributed by atoms with Crippen molar-refractivity contribution in [2.24, 2.45) is 5.73 Å². The molecule has 2 unspecified atom stereocenters. The Hall–Kier alpha value is -2.46. The molecule has 0 aliphatic heterocycles. The Morgan fingerprint density at radius 1 is 0.958 bits per heavy atom. The van der Waals surface area contributed by atoms with E-state index in [2.05, 4.69) is 23.5 Å². The average molecular weight is 322 g/mol. The van der Waals surface area contributed by atoms with Gasteiger partial charge in [-0.2, -0.15) is 0 Å². The highest BCUT2D eigenvalue weighted by molar-refractivity contribution is 5.86. The monoisotopic (exact) mass is 322 g/mol. The summed E-state index contributed by atoms with van der Waals surface area (Å²) in [5, 5.41) is 3.58. The molecule has 2 atom stereocenters. The molecular formula is C20H26N4. The molecule has 7 N–H and O–H groups in total. The molecule has 0 saturated heterocycles. The van der Waals surface area contributed by atoms with Crippen LogP contribution in [0.1, 0.15) is 36.8 Å². The fourth-order valence-corrected chi connectivity index (χ4v) is 3.29. The molecule has 1 aliphatic rings. The Balaban J connectivity index is 1.88. The summed E-state index contributed by atoms with van der Waals surface area (Å²) in [5.41, 5.74) is 22.9. The van der Waals surface area contributed by atoms with Crippen LogP contribution >= 0.6 is 0 Å². The molecule has 0 heterocycles. The molecule has 24 heavy (non-hydrogen) atoms. The zero-order chi connectivity index (χ0) is 16.9. The number of anilines is 3. The number of rotatable bonds is 4. The van der Waals surface area contributed by atoms with Crippen molar-refractivity contribution in [3.8, 4) is 0 Å². The maximum atomic E-state index is 6.28. The molecule has 126 valence electrons. The third-order valence-electron chi connectivity index (χ3n) is 4.64. The zero-order valence-electron chi connectivity index (χ0n) is 13.9. The second kappa shape index (κ2) is 7.41. The first-order valence-electron chi connectivity index (χ1n) is 8.58. The summed E-state index contributed by atoms with van der Waals surface area (Å²) in [4.78, 5) is 0. The Kier molecular flexibility index (Phi) is 5.06. The molecular weight excluding hydrogens is 296 g/mol. The minimum atomic E-state index is 0.173. The summed E-state index contributed by atoms with van der Waals surface area (Å²) in [6.07, 6.45) is 8.66. The van der Waals surface area contributed by atoms with Crippen molar-refractivity contribution in [2.45, 2.75) is 37.8 Å². The smallest absolute Gasteiger partial charge is 0.0458 e. The average Bonchev–Trinajstić information content (AvgIpc) is 2.57. The van der Waals surface area contributed by atoms with Crippen LogP contribution in [0.5, 0.6) is 0 Å². The van der Waals surface area contributed by atoms with Crippen molar-refractivity contribution in [2.75, 3.05) is 16.8 Å². The van der Waals surface area contributed by atoms with Crippen molar-refractivity contribution >= 4 is 29.2 Å². The zero-order valence-corrected chi connectivity index (χ0v) is 13.9. The van der Waals surface area contributed by atoms with E-state index in [9.17, 15) is 0 Å². The summed E-state index contributed by atoms with van der Waals surface area (Å²) in [6.45, 7) is 0. The number of hydrogen-bond acceptors (Lipinski definition) is 4. The Bertz CT molecular complexity index is 709. The molecule has 4 heteroatoms. The Morgan fingerprint density at radius 3 is 2.46 bits per heavy atom. The number of nitrogens with two attached hydrogens (primary N) is 3. The molecule has 0 aromatic heterocycles. The van der Waals surface area contributed by atoms with E-state index in [0.29, 0.717) is 11.4 Å². The van der Waals surface area contributed by atoms with E-state index in [4.69, 9.17) is 17.2 Å². The van der Waals surface area contributed by atoms with Gasteiger partial charge in [0.05, 0.1) is 0 Å². The molecule has 1 aliphatic carbocycles. The normalized spacial score (nSPS) is 21.0. The Morgan fingerprint density at radius 2 is 1.71 bits per heavy atom. The van der Waals surface area contributed by atoms with E-state index >= 15 is 0 Å². The molecule has 0 spiro atoms. The second-order valence-electron chi connectivity index (χ2n) is 6.51. The van der Waals surface area contributed by atoms with Crippen molar-refractivity contribution < 1.29 is 0 Å². The van der Waals surface area contributed by atoms with Gasteiger partial charge in [-0.1, -0.05) is 55.3 Å². The topological polar surface area (TPSA) is 90.1 Å². The fraction of sp³-hybridized carbons (Fsp3) is 0.300. The summed E-state index contributed by atoms with van der Waals surface area (Å²) in [6, 6.07) is 14.4. The fourth-order valence-electron chi connectivity index (χ4n) is 3.29. The third-order valence-corrected chi connectivity index (χ3v) is 4.64. The van der Waals surface area contributed by atoms with Crippen LogP contribution in [0.3, 0.4) is 0 Å². The maximum absolute atomic E-state index is 6.28. The van der Waals surface area contributed by atoms with E-state index in [1.165, 1.54) is 12.8 Å². The van der Waals surface area contributed by atoms with E-state index in [-0.39, 0.29) is 12.1 Å². The number of hydrogen-bond donors (Lipinski definition) is 4. The van der Waals surface area contributed by atoms with Crippen molar-refractivity contribution in [1.82, 2.24) is 0 Å². The quantitative estimate of drug-likeness (QED) is 0.510. The third kappa shape index (κ3) is 3.89. The van der Waals surface area contributed by atoms with Gasteiger partial charge in [0.15, 0.2) is 0 Å². The van der Waals surface area contributed by atoms with Gasteiger partial charge in [0.25, 0.3) is 0 Å². The summed E-state index contributed by atoms with van der Waals surface area (Å²) in [7, 11) is 0. The van der Waals surface area contributed by atoms with Gasteiger partial charge in [-0.25, -0.2) is 0 Å². The van der Waals surface area contributed by atoms with Gasteiger partial charge in [-0.15, -0.1) is 0 Å². The first-order chi connectivity index (χ1) is 11.6. The summed E-state index contributed by atoms with van der Waals surface area (Å²) >= 11 is 0. The van der Waals surface area contributed by atoms with Gasteiger partial charge in [-0.05, 0) is 30.5 Å². The minimum absolute atomic E-state index is 0.173. The molecule has 2 aromatic rings. The molecule has 2 aromatic carbocycles. The number of nitrogens with one attached hydrogen (secondary N) is 1. The molecule has 0 bridgehead atoms. The Labute approximate surface area is 143 Å². The SMILES string of the molecule is Nc1cc(N)c(C=Cc2ccccc2)c(NC2CCCCC2N)c1. The van der Waals surface area contributed by atoms with Crippen LogP contribution in [0.4, 0.5) is 17.1 Å². The highest BCUT2D eigenvalue weighted by atomic mass is 15.0. The van der Waals surface area contributed by atoms with E-state index in [0.717, 1.165) is 29.7 Å². The lowest BCUT2D eigenvalue weighted by Gasteiger charge is -2.31. The summed E-state index contributed by atoms with van der Waals surface area (Å²) < 4.78 is 0. The molecule has 3 rings (SSSR count). The lowest BCUT2D eigenvalue weighted by atomic mass is 9.90. The van der Waals surface area contributed by atoms with Crippen LogP contribution in [0.2, 0.25) is 0 Å². The van der Waals surface area contributed by atoms with Gasteiger partial charge in [-0.3, -0.25) is 0 Å². The van der Waals surface area contributed by atoms with E-state index in [1.54, 1.807) is 6.07 Å². The first kappa shape index (κ1) is 16.4. The van der Waals surface area contributed by atoms with Gasteiger partial charge >= 0.3 is 0 Å². The predicted octanol–water partition coefficient (Wildman–Crippen LogP) is 3.70. The predicted molar refractivity (Wildman–Crippen MR) is 104 cm³/mol. The van der Waals surface area contributed by atoms with Crippen LogP contribution in [-0.4, -0.2) is 12.1 Å². The van der Waals surface area contributed by atoms with Crippen molar-refractivity contribution in [3.05, 3.63) is 53.6 Å². The van der Waals surface area contributed by atoms with Gasteiger partial charge in [0, 0.05) is 34.7 Å². The van der Waals surface area contributed by atoms with Gasteiger partial charge in [0.1, 0.15) is 0 Å². The molecule has 4 nitrogen and oxygen atoms in total. The minimum Gasteiger partial charge on any atom is -0.399 e. The van der Waals surface area contributed by atoms with Crippen LogP contribution < -0.4 is 22.5 Å². The lowest BCUT2D eigenvalue weighted by molar-refractivity contribution is 0.404. The van der Waals surface area contributed by atoms with Gasteiger partial charge in [0.2, 0.25) is 0 Å². The van der Waals surface area contributed by atoms with Crippen molar-refractivity contribution in [1.29, 1.82) is 0 Å². The van der Waals surface area contributed by atoms with Crippen molar-refractivity contribution in [3.63, 3.8) is 0 Å². The van der Waals surface area contributed by atoms with Crippen LogP contribution in [0, 0.1) is 0 Å². The number of benzene rings is 2. The summed E-state index contributed by atoms with van der Waals surface area (Å²) in [5.74, 6) is 0. The van der Waals surface area contributed by atoms with Crippen LogP contribution in [-0.2, 0) is 0 Å². The van der Waals surface area contributed by atoms with Crippen LogP contribution in [0.15, 0.2) is 42.5 Å². The maximum Gasteiger partial charge on any atom is 0.0458 e. The molecule has 1 fully saturated rings. The number of nitrogen functional groups attached to an aromatic ring is 2. The standard InChI is InChI=1S/C20H26N4/c21-15-12-18(23)16(11-10-14-6-2-1-3-7-14)20(13-15)24-19-9-5-4-8-17(19)22/h1-3,6-7,10-13,17,19,24H,4-5,8-9,21-23H2. The largest absolute Gasteiger partial charge is 0.399 e. The first-order valence-corrected chi connectivity index (χ1v) is 8.58. The molecule has 1 saturated carbocycles. The lowest BCUT2D eigenvalue weighted by Crippen LogP contribution is -2.42. The van der Waals surface area contributed by atoms with Crippen LogP contribution in [0.25, 0.3) is 12.2 Å².